The topological polar surface area (TPSA) is 79.3 Å². The van der Waals surface area contributed by atoms with Gasteiger partial charge in [0.1, 0.15) is 11.2 Å². The number of aliphatic carboxylic acids is 1. The fourth-order valence-electron chi connectivity index (χ4n) is 1.41. The number of carbonyl (C=O) groups is 2. The maximum atomic E-state index is 10.9. The summed E-state index contributed by atoms with van der Waals surface area (Å²) >= 11 is 7.46. The minimum atomic E-state index is -1.02. The first-order valence-corrected chi connectivity index (χ1v) is 7.21. The normalized spacial score (nSPS) is 11.9. The van der Waals surface area contributed by atoms with Gasteiger partial charge in [-0.25, -0.2) is 9.78 Å². The summed E-state index contributed by atoms with van der Waals surface area (Å²) in [7, 11) is 0. The van der Waals surface area contributed by atoms with Crippen LogP contribution in [0.2, 0.25) is 5.15 Å². The summed E-state index contributed by atoms with van der Waals surface area (Å²) < 4.78 is 0. The number of hydrogen-bond donors (Lipinski definition) is 2. The number of carboxylic acid groups (broad SMARTS) is 1. The highest BCUT2D eigenvalue weighted by Crippen LogP contribution is 2.19. The van der Waals surface area contributed by atoms with Crippen LogP contribution in [0.4, 0.5) is 0 Å². The van der Waals surface area contributed by atoms with Crippen molar-refractivity contribution in [3.63, 3.8) is 0 Å². The smallest absolute Gasteiger partial charge is 0.326 e. The third-order valence-electron chi connectivity index (χ3n) is 2.32. The van der Waals surface area contributed by atoms with Crippen LogP contribution in [-0.4, -0.2) is 33.8 Å². The molecule has 7 heteroatoms. The maximum absolute atomic E-state index is 10.9. The number of carboxylic acids is 1. The lowest BCUT2D eigenvalue weighted by Crippen LogP contribution is -2.39. The van der Waals surface area contributed by atoms with Crippen LogP contribution in [0, 0.1) is 0 Å². The number of nitrogens with zero attached hydrogens (tertiary/aromatic N) is 1. The second-order valence-corrected chi connectivity index (χ2v) is 5.35. The summed E-state index contributed by atoms with van der Waals surface area (Å²) in [6.07, 6.45) is 1.99. The van der Waals surface area contributed by atoms with Crippen LogP contribution in [0.3, 0.4) is 0 Å². The van der Waals surface area contributed by atoms with Gasteiger partial charge in [-0.3, -0.25) is 4.79 Å². The van der Waals surface area contributed by atoms with Crippen molar-refractivity contribution in [3.8, 4) is 0 Å². The minimum Gasteiger partial charge on any atom is -0.480 e. The molecule has 0 saturated carbocycles. The van der Waals surface area contributed by atoms with E-state index in [1.807, 2.05) is 6.07 Å². The van der Waals surface area contributed by atoms with Crippen LogP contribution in [-0.2, 0) is 15.3 Å². The molecule has 1 amide bonds. The van der Waals surface area contributed by atoms with E-state index in [1.54, 1.807) is 24.0 Å². The molecule has 1 aromatic heterocycles. The maximum Gasteiger partial charge on any atom is 0.326 e. The van der Waals surface area contributed by atoms with Gasteiger partial charge in [-0.2, -0.15) is 11.8 Å². The minimum absolute atomic E-state index is 0.340. The van der Waals surface area contributed by atoms with E-state index >= 15 is 0 Å². The van der Waals surface area contributed by atoms with Crippen LogP contribution in [0.5, 0.6) is 0 Å². The van der Waals surface area contributed by atoms with E-state index < -0.39 is 12.0 Å². The quantitative estimate of drug-likeness (QED) is 0.594. The number of pyridine rings is 1. The molecular weight excluding hydrogens is 288 g/mol. The van der Waals surface area contributed by atoms with Gasteiger partial charge >= 0.3 is 5.97 Å². The molecule has 0 fully saturated rings. The predicted molar refractivity (Wildman–Crippen MR) is 75.3 cm³/mol. The zero-order valence-electron chi connectivity index (χ0n) is 10.4. The third-order valence-corrected chi connectivity index (χ3v) is 3.70. The summed E-state index contributed by atoms with van der Waals surface area (Å²) in [5, 5.41) is 11.8. The number of aromatic nitrogens is 1. The van der Waals surface area contributed by atoms with E-state index in [4.69, 9.17) is 16.7 Å². The molecule has 0 aliphatic carbocycles. The summed E-state index contributed by atoms with van der Waals surface area (Å²) in [4.78, 5) is 25.7. The summed E-state index contributed by atoms with van der Waals surface area (Å²) in [6, 6.07) is 2.85. The van der Waals surface area contributed by atoms with E-state index in [0.29, 0.717) is 23.1 Å². The van der Waals surface area contributed by atoms with E-state index in [9.17, 15) is 9.59 Å². The molecule has 19 heavy (non-hydrogen) atoms. The fraction of sp³-hybridized carbons (Fsp3) is 0.417. The molecule has 0 spiro atoms. The van der Waals surface area contributed by atoms with Gasteiger partial charge in [0, 0.05) is 18.9 Å². The predicted octanol–water partition coefficient (Wildman–Crippen LogP) is 1.95. The zero-order chi connectivity index (χ0) is 14.3. The van der Waals surface area contributed by atoms with Crippen molar-refractivity contribution in [2.24, 2.45) is 0 Å². The fourth-order valence-corrected chi connectivity index (χ4v) is 2.68. The van der Waals surface area contributed by atoms with E-state index in [0.717, 1.165) is 5.56 Å². The Morgan fingerprint density at radius 3 is 2.89 bits per heavy atom. The number of amides is 1. The molecular formula is C12H15ClN2O3S. The molecule has 0 aromatic carbocycles. The average Bonchev–Trinajstić information content (AvgIpc) is 2.34. The molecule has 1 aromatic rings. The van der Waals surface area contributed by atoms with Crippen LogP contribution in [0.15, 0.2) is 18.3 Å². The highest BCUT2D eigenvalue weighted by molar-refractivity contribution is 7.98. The molecule has 1 unspecified atom stereocenters. The lowest BCUT2D eigenvalue weighted by atomic mass is 10.2. The third kappa shape index (κ3) is 5.94. The van der Waals surface area contributed by atoms with E-state index in [-0.39, 0.29) is 5.91 Å². The Kier molecular flexibility index (Phi) is 6.66. The number of nitrogens with one attached hydrogen (secondary N) is 1. The van der Waals surface area contributed by atoms with Gasteiger partial charge in [-0.1, -0.05) is 17.7 Å². The Labute approximate surface area is 120 Å². The summed E-state index contributed by atoms with van der Waals surface area (Å²) in [6.45, 7) is 1.30. The Hall–Kier alpha value is -1.27. The number of rotatable bonds is 7. The van der Waals surface area contributed by atoms with Crippen molar-refractivity contribution >= 4 is 35.2 Å². The molecule has 1 rings (SSSR count). The number of halogens is 1. The van der Waals surface area contributed by atoms with Crippen LogP contribution in [0.1, 0.15) is 18.9 Å². The van der Waals surface area contributed by atoms with E-state index in [1.165, 1.54) is 6.92 Å². The van der Waals surface area contributed by atoms with Crippen molar-refractivity contribution in [2.75, 3.05) is 5.75 Å². The largest absolute Gasteiger partial charge is 0.480 e. The Morgan fingerprint density at radius 1 is 1.58 bits per heavy atom. The Morgan fingerprint density at radius 2 is 2.32 bits per heavy atom. The van der Waals surface area contributed by atoms with Crippen molar-refractivity contribution < 1.29 is 14.7 Å². The lowest BCUT2D eigenvalue weighted by Gasteiger charge is -2.12. The van der Waals surface area contributed by atoms with Crippen molar-refractivity contribution in [1.82, 2.24) is 10.3 Å². The number of carbonyl (C=O) groups excluding carboxylic acids is 1. The highest BCUT2D eigenvalue weighted by Gasteiger charge is 2.17. The molecule has 0 saturated heterocycles. The van der Waals surface area contributed by atoms with Crippen molar-refractivity contribution in [1.29, 1.82) is 0 Å². The molecule has 0 radical (unpaired) electrons. The SMILES string of the molecule is CC(=O)NC(CCSCc1cccnc1Cl)C(=O)O. The standard InChI is InChI=1S/C12H15ClN2O3S/c1-8(16)15-10(12(17)18)4-6-19-7-9-3-2-5-14-11(9)13/h2-3,5,10H,4,6-7H2,1H3,(H,15,16)(H,17,18). The Balaban J connectivity index is 2.35. The molecule has 0 aliphatic heterocycles. The van der Waals surface area contributed by atoms with Gasteiger partial charge in [0.2, 0.25) is 5.91 Å². The van der Waals surface area contributed by atoms with Crippen LogP contribution in [0.25, 0.3) is 0 Å². The van der Waals surface area contributed by atoms with E-state index in [2.05, 4.69) is 10.3 Å². The van der Waals surface area contributed by atoms with Gasteiger partial charge in [0.05, 0.1) is 0 Å². The lowest BCUT2D eigenvalue weighted by molar-refractivity contribution is -0.141. The molecule has 5 nitrogen and oxygen atoms in total. The van der Waals surface area contributed by atoms with Gasteiger partial charge in [-0.15, -0.1) is 0 Å². The molecule has 2 N–H and O–H groups in total. The second-order valence-electron chi connectivity index (χ2n) is 3.89. The van der Waals surface area contributed by atoms with Crippen molar-refractivity contribution in [2.45, 2.75) is 25.1 Å². The zero-order valence-corrected chi connectivity index (χ0v) is 12.0. The van der Waals surface area contributed by atoms with Crippen LogP contribution < -0.4 is 5.32 Å². The molecule has 0 bridgehead atoms. The van der Waals surface area contributed by atoms with Gasteiger partial charge in [-0.05, 0) is 23.8 Å². The monoisotopic (exact) mass is 302 g/mol. The highest BCUT2D eigenvalue weighted by atomic mass is 35.5. The first-order valence-electron chi connectivity index (χ1n) is 5.67. The van der Waals surface area contributed by atoms with Crippen molar-refractivity contribution in [3.05, 3.63) is 29.0 Å². The van der Waals surface area contributed by atoms with Gasteiger partial charge in [0.15, 0.2) is 0 Å². The number of thioether (sulfide) groups is 1. The molecule has 104 valence electrons. The summed E-state index contributed by atoms with van der Waals surface area (Å²) in [5.74, 6) is -0.0791. The second kappa shape index (κ2) is 8.01. The number of hydrogen-bond acceptors (Lipinski definition) is 4. The Bertz CT molecular complexity index is 456. The van der Waals surface area contributed by atoms with Gasteiger partial charge in [0.25, 0.3) is 0 Å². The first-order chi connectivity index (χ1) is 9.00. The summed E-state index contributed by atoms with van der Waals surface area (Å²) in [5.41, 5.74) is 0.917. The van der Waals surface area contributed by atoms with Crippen LogP contribution >= 0.6 is 23.4 Å². The average molecular weight is 303 g/mol. The first kappa shape index (κ1) is 15.8. The molecule has 1 atom stereocenters. The molecule has 1 heterocycles. The van der Waals surface area contributed by atoms with Gasteiger partial charge < -0.3 is 10.4 Å². The molecule has 0 aliphatic rings.